The molecule has 4 nitrogen and oxygen atoms in total. The SMILES string of the molecule is O=CCCCC/C=C\C1OCOO1. The molecule has 1 atom stereocenters. The summed E-state index contributed by atoms with van der Waals surface area (Å²) in [5.74, 6) is 0. The Balaban J connectivity index is 1.94. The van der Waals surface area contributed by atoms with Crippen molar-refractivity contribution >= 4 is 6.29 Å². The summed E-state index contributed by atoms with van der Waals surface area (Å²) < 4.78 is 4.99. The van der Waals surface area contributed by atoms with E-state index in [-0.39, 0.29) is 13.1 Å². The first-order chi connectivity index (χ1) is 6.43. The van der Waals surface area contributed by atoms with Crippen molar-refractivity contribution in [3.63, 3.8) is 0 Å². The van der Waals surface area contributed by atoms with Gasteiger partial charge in [0.2, 0.25) is 6.29 Å². The standard InChI is InChI=1S/C9H14O4/c10-7-5-3-1-2-4-6-9-11-8-12-13-9/h4,6-7,9H,1-3,5,8H2/b6-4-. The van der Waals surface area contributed by atoms with Gasteiger partial charge in [-0.1, -0.05) is 6.08 Å². The Labute approximate surface area is 77.4 Å². The third-order valence-electron chi connectivity index (χ3n) is 1.68. The average molecular weight is 186 g/mol. The minimum atomic E-state index is -0.355. The van der Waals surface area contributed by atoms with Crippen molar-refractivity contribution in [1.29, 1.82) is 0 Å². The Hall–Kier alpha value is -0.710. The number of aldehydes is 1. The lowest BCUT2D eigenvalue weighted by Crippen LogP contribution is -2.01. The molecule has 1 heterocycles. The molecule has 0 saturated carbocycles. The molecule has 0 bridgehead atoms. The van der Waals surface area contributed by atoms with Crippen molar-refractivity contribution < 1.29 is 19.3 Å². The maximum absolute atomic E-state index is 9.97. The van der Waals surface area contributed by atoms with Crippen LogP contribution in [0.3, 0.4) is 0 Å². The Morgan fingerprint density at radius 1 is 1.31 bits per heavy atom. The molecule has 1 aliphatic rings. The molecule has 0 aromatic heterocycles. The van der Waals surface area contributed by atoms with Crippen LogP contribution in [0.15, 0.2) is 12.2 Å². The van der Waals surface area contributed by atoms with Gasteiger partial charge in [-0.3, -0.25) is 0 Å². The number of hydrogen-bond donors (Lipinski definition) is 0. The fourth-order valence-corrected chi connectivity index (χ4v) is 1.00. The molecule has 0 aliphatic carbocycles. The zero-order valence-electron chi connectivity index (χ0n) is 7.48. The molecule has 0 N–H and O–H groups in total. The zero-order chi connectivity index (χ0) is 9.36. The van der Waals surface area contributed by atoms with Crippen LogP contribution in [0.1, 0.15) is 25.7 Å². The third kappa shape index (κ3) is 4.77. The summed E-state index contributed by atoms with van der Waals surface area (Å²) in [4.78, 5) is 19.2. The van der Waals surface area contributed by atoms with Gasteiger partial charge in [-0.2, -0.15) is 4.89 Å². The Bertz CT molecular complexity index is 161. The number of allylic oxidation sites excluding steroid dienone is 1. The summed E-state index contributed by atoms with van der Waals surface area (Å²) in [7, 11) is 0. The van der Waals surface area contributed by atoms with Gasteiger partial charge >= 0.3 is 0 Å². The van der Waals surface area contributed by atoms with E-state index < -0.39 is 0 Å². The highest BCUT2D eigenvalue weighted by Crippen LogP contribution is 2.07. The van der Waals surface area contributed by atoms with E-state index in [1.54, 1.807) is 0 Å². The number of unbranched alkanes of at least 4 members (excludes halogenated alkanes) is 3. The van der Waals surface area contributed by atoms with E-state index in [0.29, 0.717) is 6.42 Å². The van der Waals surface area contributed by atoms with Crippen LogP contribution in [0, 0.1) is 0 Å². The van der Waals surface area contributed by atoms with E-state index >= 15 is 0 Å². The predicted molar refractivity (Wildman–Crippen MR) is 45.6 cm³/mol. The van der Waals surface area contributed by atoms with E-state index in [0.717, 1.165) is 25.5 Å². The molecule has 1 unspecified atom stereocenters. The van der Waals surface area contributed by atoms with E-state index in [1.807, 2.05) is 12.2 Å². The summed E-state index contributed by atoms with van der Waals surface area (Å²) in [6.45, 7) is 0.195. The Kier molecular flexibility index (Phi) is 5.40. The maximum Gasteiger partial charge on any atom is 0.212 e. The lowest BCUT2D eigenvalue weighted by atomic mass is 10.2. The average Bonchev–Trinajstić information content (AvgIpc) is 2.63. The third-order valence-corrected chi connectivity index (χ3v) is 1.68. The van der Waals surface area contributed by atoms with Crippen molar-refractivity contribution in [3.05, 3.63) is 12.2 Å². The fourth-order valence-electron chi connectivity index (χ4n) is 1.00. The van der Waals surface area contributed by atoms with Crippen LogP contribution >= 0.6 is 0 Å². The van der Waals surface area contributed by atoms with E-state index in [4.69, 9.17) is 9.62 Å². The first-order valence-electron chi connectivity index (χ1n) is 4.43. The lowest BCUT2D eigenvalue weighted by Gasteiger charge is -1.97. The van der Waals surface area contributed by atoms with Gasteiger partial charge in [0.15, 0.2) is 6.79 Å². The normalized spacial score (nSPS) is 22.6. The lowest BCUT2D eigenvalue weighted by molar-refractivity contribution is -0.266. The molecule has 1 saturated heterocycles. The first-order valence-corrected chi connectivity index (χ1v) is 4.43. The number of hydrogen-bond acceptors (Lipinski definition) is 4. The summed E-state index contributed by atoms with van der Waals surface area (Å²) in [5, 5.41) is 0. The van der Waals surface area contributed by atoms with Gasteiger partial charge < -0.3 is 9.53 Å². The second-order valence-electron chi connectivity index (χ2n) is 2.75. The molecule has 0 spiro atoms. The molecule has 0 aromatic carbocycles. The van der Waals surface area contributed by atoms with Crippen molar-refractivity contribution in [2.75, 3.05) is 6.79 Å². The number of ether oxygens (including phenoxy) is 1. The minimum absolute atomic E-state index is 0.195. The molecule has 0 amide bonds. The van der Waals surface area contributed by atoms with Gasteiger partial charge in [0, 0.05) is 6.42 Å². The number of carbonyl (C=O) groups is 1. The number of rotatable bonds is 6. The molecule has 0 aromatic rings. The minimum Gasteiger partial charge on any atom is -0.317 e. The summed E-state index contributed by atoms with van der Waals surface area (Å²) >= 11 is 0. The number of carbonyl (C=O) groups excluding carboxylic acids is 1. The highest BCUT2D eigenvalue weighted by molar-refractivity contribution is 5.48. The van der Waals surface area contributed by atoms with Crippen LogP contribution in [0.2, 0.25) is 0 Å². The van der Waals surface area contributed by atoms with Crippen molar-refractivity contribution in [1.82, 2.24) is 0 Å². The van der Waals surface area contributed by atoms with Crippen LogP contribution in [0.5, 0.6) is 0 Å². The van der Waals surface area contributed by atoms with E-state index in [2.05, 4.69) is 4.89 Å². The molecule has 13 heavy (non-hydrogen) atoms. The second kappa shape index (κ2) is 6.77. The van der Waals surface area contributed by atoms with E-state index in [1.165, 1.54) is 0 Å². The molecule has 4 heteroatoms. The Morgan fingerprint density at radius 3 is 2.85 bits per heavy atom. The van der Waals surface area contributed by atoms with Crippen molar-refractivity contribution in [2.45, 2.75) is 32.0 Å². The maximum atomic E-state index is 9.97. The smallest absolute Gasteiger partial charge is 0.212 e. The molecule has 1 rings (SSSR count). The van der Waals surface area contributed by atoms with Gasteiger partial charge in [-0.25, -0.2) is 4.89 Å². The highest BCUT2D eigenvalue weighted by atomic mass is 17.3. The van der Waals surface area contributed by atoms with Gasteiger partial charge in [-0.05, 0) is 25.3 Å². The van der Waals surface area contributed by atoms with Crippen LogP contribution in [-0.2, 0) is 19.3 Å². The molecular weight excluding hydrogens is 172 g/mol. The molecule has 74 valence electrons. The van der Waals surface area contributed by atoms with Gasteiger partial charge in [0.1, 0.15) is 6.29 Å². The fraction of sp³-hybridized carbons (Fsp3) is 0.667. The zero-order valence-corrected chi connectivity index (χ0v) is 7.48. The molecular formula is C9H14O4. The highest BCUT2D eigenvalue weighted by Gasteiger charge is 2.12. The predicted octanol–water partition coefficient (Wildman–Crippen LogP) is 1.56. The van der Waals surface area contributed by atoms with Crippen molar-refractivity contribution in [2.24, 2.45) is 0 Å². The van der Waals surface area contributed by atoms with Gasteiger partial charge in [0.25, 0.3) is 0 Å². The largest absolute Gasteiger partial charge is 0.317 e. The summed E-state index contributed by atoms with van der Waals surface area (Å²) in [5.41, 5.74) is 0. The van der Waals surface area contributed by atoms with Crippen molar-refractivity contribution in [3.8, 4) is 0 Å². The topological polar surface area (TPSA) is 44.8 Å². The van der Waals surface area contributed by atoms with Crippen LogP contribution in [-0.4, -0.2) is 19.4 Å². The van der Waals surface area contributed by atoms with E-state index in [9.17, 15) is 4.79 Å². The Morgan fingerprint density at radius 2 is 2.15 bits per heavy atom. The molecule has 1 fully saturated rings. The quantitative estimate of drug-likeness (QED) is 0.273. The molecule has 0 radical (unpaired) electrons. The van der Waals surface area contributed by atoms with Crippen LogP contribution < -0.4 is 0 Å². The van der Waals surface area contributed by atoms with Gasteiger partial charge in [-0.15, -0.1) is 0 Å². The van der Waals surface area contributed by atoms with Crippen LogP contribution in [0.4, 0.5) is 0 Å². The first kappa shape index (κ1) is 10.4. The van der Waals surface area contributed by atoms with Gasteiger partial charge in [0.05, 0.1) is 0 Å². The summed E-state index contributed by atoms with van der Waals surface area (Å²) in [6, 6.07) is 0. The molecule has 1 aliphatic heterocycles. The second-order valence-corrected chi connectivity index (χ2v) is 2.75. The van der Waals surface area contributed by atoms with Crippen LogP contribution in [0.25, 0.3) is 0 Å². The monoisotopic (exact) mass is 186 g/mol. The summed E-state index contributed by atoms with van der Waals surface area (Å²) in [6.07, 6.45) is 7.93.